The van der Waals surface area contributed by atoms with Crippen molar-refractivity contribution >= 4 is 5.96 Å². The lowest BCUT2D eigenvalue weighted by Gasteiger charge is -2.13. The third-order valence-corrected chi connectivity index (χ3v) is 6.90. The molecule has 0 spiro atoms. The lowest BCUT2D eigenvalue weighted by molar-refractivity contribution is 0.0372. The van der Waals surface area contributed by atoms with Crippen molar-refractivity contribution in [3.8, 4) is 0 Å². The summed E-state index contributed by atoms with van der Waals surface area (Å²) in [5.41, 5.74) is 5.84. The van der Waals surface area contributed by atoms with Crippen molar-refractivity contribution in [2.24, 2.45) is 10.7 Å². The fourth-order valence-electron chi connectivity index (χ4n) is 4.42. The quantitative estimate of drug-likeness (QED) is 0.0468. The Labute approximate surface area is 235 Å². The maximum Gasteiger partial charge on any atom is 0.188 e. The second kappa shape index (κ2) is 30.6. The summed E-state index contributed by atoms with van der Waals surface area (Å²) in [6, 6.07) is 0. The molecular formula is C31H65N3O4. The Balaban J connectivity index is 3.48. The van der Waals surface area contributed by atoms with Gasteiger partial charge in [0.25, 0.3) is 0 Å². The van der Waals surface area contributed by atoms with Gasteiger partial charge in [-0.05, 0) is 12.8 Å². The number of nitrogens with zero attached hydrogens (tertiary/aromatic N) is 1. The third-order valence-electron chi connectivity index (χ3n) is 6.90. The summed E-state index contributed by atoms with van der Waals surface area (Å²) in [4.78, 5) is 4.14. The molecular weight excluding hydrogens is 478 g/mol. The number of aliphatic hydroxyl groups is 2. The molecule has 0 aliphatic rings. The van der Waals surface area contributed by atoms with Crippen LogP contribution in [0.4, 0.5) is 0 Å². The molecule has 0 amide bonds. The van der Waals surface area contributed by atoms with Gasteiger partial charge in [-0.15, -0.1) is 0 Å². The number of unbranched alkanes of at least 4 members (excludes halogenated alkanes) is 18. The maximum atomic E-state index is 10.0. The van der Waals surface area contributed by atoms with E-state index in [2.05, 4.69) is 24.2 Å². The van der Waals surface area contributed by atoms with Crippen molar-refractivity contribution in [3.05, 3.63) is 0 Å². The molecule has 2 unspecified atom stereocenters. The van der Waals surface area contributed by atoms with Gasteiger partial charge in [0.1, 0.15) is 0 Å². The number of hydrogen-bond donors (Lipinski definition) is 4. The Morgan fingerprint density at radius 2 is 0.974 bits per heavy atom. The fraction of sp³-hybridized carbons (Fsp3) is 0.968. The number of nitrogens with two attached hydrogens (primary N) is 1. The average molecular weight is 544 g/mol. The van der Waals surface area contributed by atoms with E-state index in [4.69, 9.17) is 15.2 Å². The molecule has 0 saturated heterocycles. The lowest BCUT2D eigenvalue weighted by Crippen LogP contribution is -2.39. The first kappa shape index (κ1) is 37.1. The number of aliphatic hydroxyl groups excluding tert-OH is 2. The van der Waals surface area contributed by atoms with E-state index in [0.29, 0.717) is 13.2 Å². The summed E-state index contributed by atoms with van der Waals surface area (Å²) in [6.07, 6.45) is 24.6. The van der Waals surface area contributed by atoms with Gasteiger partial charge in [-0.1, -0.05) is 129 Å². The van der Waals surface area contributed by atoms with Crippen LogP contribution in [0, 0.1) is 0 Å². The number of aliphatic imine (C=N–C) groups is 1. The van der Waals surface area contributed by atoms with Gasteiger partial charge in [-0.2, -0.15) is 0 Å². The zero-order chi connectivity index (χ0) is 27.9. The van der Waals surface area contributed by atoms with E-state index in [1.165, 1.54) is 116 Å². The Morgan fingerprint density at radius 3 is 1.39 bits per heavy atom. The lowest BCUT2D eigenvalue weighted by atomic mass is 10.1. The highest BCUT2D eigenvalue weighted by Gasteiger charge is 2.07. The summed E-state index contributed by atoms with van der Waals surface area (Å²) >= 11 is 0. The predicted octanol–water partition coefficient (Wildman–Crippen LogP) is 6.49. The Morgan fingerprint density at radius 1 is 0.605 bits per heavy atom. The molecule has 0 aliphatic heterocycles. The van der Waals surface area contributed by atoms with Crippen molar-refractivity contribution in [1.82, 2.24) is 5.32 Å². The van der Waals surface area contributed by atoms with Crippen LogP contribution in [0.15, 0.2) is 4.99 Å². The molecule has 0 aromatic carbocycles. The van der Waals surface area contributed by atoms with Gasteiger partial charge in [0.15, 0.2) is 5.96 Å². The highest BCUT2D eigenvalue weighted by molar-refractivity contribution is 5.77. The van der Waals surface area contributed by atoms with Crippen LogP contribution in [0.5, 0.6) is 0 Å². The van der Waals surface area contributed by atoms with Crippen LogP contribution in [0.1, 0.15) is 142 Å². The van der Waals surface area contributed by atoms with Crippen LogP contribution in [0.2, 0.25) is 0 Å². The van der Waals surface area contributed by atoms with Crippen LogP contribution < -0.4 is 11.1 Å². The summed E-state index contributed by atoms with van der Waals surface area (Å²) < 4.78 is 11.2. The van der Waals surface area contributed by atoms with Gasteiger partial charge in [-0.3, -0.25) is 4.99 Å². The average Bonchev–Trinajstić information content (AvgIpc) is 2.92. The van der Waals surface area contributed by atoms with E-state index in [0.717, 1.165) is 12.8 Å². The molecule has 0 aromatic heterocycles. The summed E-state index contributed by atoms with van der Waals surface area (Å²) in [5.74, 6) is 0.215. The highest BCUT2D eigenvalue weighted by Crippen LogP contribution is 2.11. The van der Waals surface area contributed by atoms with Crippen LogP contribution >= 0.6 is 0 Å². The minimum absolute atomic E-state index is 0.183. The molecule has 7 heteroatoms. The number of nitrogens with one attached hydrogen (secondary N) is 1. The molecule has 0 aromatic rings. The number of hydrogen-bond acceptors (Lipinski definition) is 5. The highest BCUT2D eigenvalue weighted by atomic mass is 16.5. The van der Waals surface area contributed by atoms with Gasteiger partial charge in [0.2, 0.25) is 0 Å². The van der Waals surface area contributed by atoms with Gasteiger partial charge in [-0.25, -0.2) is 0 Å². The summed E-state index contributed by atoms with van der Waals surface area (Å²) in [7, 11) is 0. The largest absolute Gasteiger partial charge is 0.389 e. The molecule has 0 heterocycles. The number of guanidine groups is 1. The molecule has 0 bridgehead atoms. The molecule has 5 N–H and O–H groups in total. The molecule has 228 valence electrons. The Bertz CT molecular complexity index is 494. The van der Waals surface area contributed by atoms with Crippen LogP contribution in [0.25, 0.3) is 0 Å². The van der Waals surface area contributed by atoms with E-state index in [1.54, 1.807) is 0 Å². The molecule has 0 aliphatic carbocycles. The predicted molar refractivity (Wildman–Crippen MR) is 162 cm³/mol. The summed E-state index contributed by atoms with van der Waals surface area (Å²) in [5, 5.41) is 23.0. The number of ether oxygens (including phenoxy) is 2. The maximum absolute atomic E-state index is 10.0. The molecule has 0 saturated carbocycles. The van der Waals surface area contributed by atoms with Crippen molar-refractivity contribution in [3.63, 3.8) is 0 Å². The standard InChI is InChI=1S/C31H65N3O4/c1-3-5-7-9-11-13-15-17-19-21-23-37-27-29(35)25-33-31(32)34-26-30(36)28-38-24-22-20-18-16-14-12-10-8-6-4-2/h29-30,35-36H,3-28H2,1-2H3,(H3,32,33,34). The SMILES string of the molecule is CCCCCCCCCCCCOCC(O)CN=C(N)NCC(O)COCCCCCCCCCCCC. The van der Waals surface area contributed by atoms with Crippen LogP contribution in [-0.4, -0.2) is 67.9 Å². The van der Waals surface area contributed by atoms with Crippen molar-refractivity contribution in [1.29, 1.82) is 0 Å². The minimum atomic E-state index is -0.673. The Kier molecular flexibility index (Phi) is 29.9. The first-order valence-corrected chi connectivity index (χ1v) is 16.2. The fourth-order valence-corrected chi connectivity index (χ4v) is 4.42. The summed E-state index contributed by atoms with van der Waals surface area (Å²) in [6.45, 7) is 6.88. The second-order valence-electron chi connectivity index (χ2n) is 10.9. The zero-order valence-corrected chi connectivity index (χ0v) is 25.3. The molecule has 0 fully saturated rings. The second-order valence-corrected chi connectivity index (χ2v) is 10.9. The van der Waals surface area contributed by atoms with Crippen molar-refractivity contribution in [2.45, 2.75) is 154 Å². The first-order valence-electron chi connectivity index (χ1n) is 16.2. The normalized spacial score (nSPS) is 13.6. The molecule has 38 heavy (non-hydrogen) atoms. The zero-order valence-electron chi connectivity index (χ0n) is 25.3. The smallest absolute Gasteiger partial charge is 0.188 e. The molecule has 7 nitrogen and oxygen atoms in total. The molecule has 0 rings (SSSR count). The molecule has 2 atom stereocenters. The van der Waals surface area contributed by atoms with E-state index in [1.807, 2.05) is 0 Å². The van der Waals surface area contributed by atoms with Crippen molar-refractivity contribution in [2.75, 3.05) is 39.5 Å². The third kappa shape index (κ3) is 29.7. The van der Waals surface area contributed by atoms with Crippen molar-refractivity contribution < 1.29 is 19.7 Å². The van der Waals surface area contributed by atoms with Crippen LogP contribution in [0.3, 0.4) is 0 Å². The van der Waals surface area contributed by atoms with Gasteiger partial charge >= 0.3 is 0 Å². The molecule has 0 radical (unpaired) electrons. The van der Waals surface area contributed by atoms with E-state index >= 15 is 0 Å². The first-order chi connectivity index (χ1) is 18.6. The van der Waals surface area contributed by atoms with E-state index in [-0.39, 0.29) is 32.3 Å². The van der Waals surface area contributed by atoms with Gasteiger partial charge < -0.3 is 30.7 Å². The monoisotopic (exact) mass is 543 g/mol. The van der Waals surface area contributed by atoms with E-state index < -0.39 is 12.2 Å². The topological polar surface area (TPSA) is 109 Å². The van der Waals surface area contributed by atoms with E-state index in [9.17, 15) is 10.2 Å². The van der Waals surface area contributed by atoms with Crippen LogP contribution in [-0.2, 0) is 9.47 Å². The minimum Gasteiger partial charge on any atom is -0.389 e. The number of rotatable bonds is 30. The van der Waals surface area contributed by atoms with Gasteiger partial charge in [0, 0.05) is 19.8 Å². The van der Waals surface area contributed by atoms with Gasteiger partial charge in [0.05, 0.1) is 32.0 Å². The Hall–Kier alpha value is -0.890.